The Labute approximate surface area is 218 Å². The summed E-state index contributed by atoms with van der Waals surface area (Å²) in [5, 5.41) is 45.4. The summed E-state index contributed by atoms with van der Waals surface area (Å²) in [4.78, 5) is 0. The molecule has 5 heteroatoms. The molecule has 3 unspecified atom stereocenters. The van der Waals surface area contributed by atoms with Gasteiger partial charge in [0, 0.05) is 11.3 Å². The zero-order chi connectivity index (χ0) is 26.9. The highest BCUT2D eigenvalue weighted by atomic mass is 16.5. The zero-order valence-electron chi connectivity index (χ0n) is 24.1. The van der Waals surface area contributed by atoms with Crippen molar-refractivity contribution in [2.24, 2.45) is 45.3 Å². The van der Waals surface area contributed by atoms with Gasteiger partial charge >= 0.3 is 0 Å². The number of fused-ring (bicyclic) bond motifs is 5. The highest BCUT2D eigenvalue weighted by Crippen LogP contribution is 2.74. The molecule has 0 amide bonds. The van der Waals surface area contributed by atoms with Crippen LogP contribution in [0.2, 0.25) is 0 Å². The van der Waals surface area contributed by atoms with Crippen LogP contribution in [-0.4, -0.2) is 56.0 Å². The van der Waals surface area contributed by atoms with E-state index in [1.807, 2.05) is 0 Å². The predicted molar refractivity (Wildman–Crippen MR) is 141 cm³/mol. The lowest BCUT2D eigenvalue weighted by Gasteiger charge is -2.66. The van der Waals surface area contributed by atoms with Crippen molar-refractivity contribution in [3.05, 3.63) is 11.6 Å². The monoisotopic (exact) mass is 504 g/mol. The van der Waals surface area contributed by atoms with Crippen molar-refractivity contribution in [1.82, 2.24) is 0 Å². The third kappa shape index (κ3) is 3.25. The Hall–Kier alpha value is -0.460. The molecule has 0 aromatic rings. The summed E-state index contributed by atoms with van der Waals surface area (Å²) in [6, 6.07) is 0. The van der Waals surface area contributed by atoms with E-state index >= 15 is 0 Å². The van der Waals surface area contributed by atoms with Crippen molar-refractivity contribution >= 4 is 0 Å². The molecule has 36 heavy (non-hydrogen) atoms. The fourth-order valence-corrected chi connectivity index (χ4v) is 11.2. The first-order valence-electron chi connectivity index (χ1n) is 14.5. The Morgan fingerprint density at radius 3 is 2.17 bits per heavy atom. The average Bonchev–Trinajstić information content (AvgIpc) is 3.23. The van der Waals surface area contributed by atoms with Gasteiger partial charge in [0.15, 0.2) is 0 Å². The average molecular weight is 505 g/mol. The maximum Gasteiger partial charge on any atom is 0.0865 e. The zero-order valence-corrected chi connectivity index (χ0v) is 24.1. The molecule has 0 aromatic heterocycles. The number of aliphatic hydroxyl groups excluding tert-OH is 3. The number of hydrogen-bond acceptors (Lipinski definition) is 5. The SMILES string of the molecule is C[C@H]1CC2C(=CC(O)[C@]3(C)[C@@H]([C@@]4(C)CC[C@@H](C(C)(C)O)O4)[C@@H](O)C[C@@]23C)[C@@]2(C)CC[C@H](O)C(C)(C)C12. The molecule has 5 aliphatic rings. The van der Waals surface area contributed by atoms with Gasteiger partial charge in [0.05, 0.1) is 35.6 Å². The molecule has 1 heterocycles. The number of aliphatic hydroxyl groups is 4. The van der Waals surface area contributed by atoms with E-state index in [1.165, 1.54) is 5.57 Å². The van der Waals surface area contributed by atoms with E-state index in [9.17, 15) is 20.4 Å². The molecule has 5 rings (SSSR count). The molecule has 5 nitrogen and oxygen atoms in total. The van der Waals surface area contributed by atoms with Crippen LogP contribution >= 0.6 is 0 Å². The van der Waals surface area contributed by atoms with Gasteiger partial charge in [-0.2, -0.15) is 0 Å². The molecular formula is C31H52O5. The van der Waals surface area contributed by atoms with Crippen molar-refractivity contribution in [1.29, 1.82) is 0 Å². The van der Waals surface area contributed by atoms with E-state index in [1.54, 1.807) is 13.8 Å². The molecule has 0 bridgehead atoms. The normalized spacial score (nSPS) is 56.5. The van der Waals surface area contributed by atoms with E-state index in [0.29, 0.717) is 18.3 Å². The molecule has 4 fully saturated rings. The highest BCUT2D eigenvalue weighted by molar-refractivity contribution is 5.37. The molecule has 0 radical (unpaired) electrons. The Balaban J connectivity index is 1.59. The lowest BCUT2D eigenvalue weighted by molar-refractivity contribution is -0.196. The van der Waals surface area contributed by atoms with Crippen LogP contribution in [0.5, 0.6) is 0 Å². The molecule has 12 atom stereocenters. The lowest BCUT2D eigenvalue weighted by Crippen LogP contribution is -2.63. The summed E-state index contributed by atoms with van der Waals surface area (Å²) in [6.07, 6.45) is 5.27. The summed E-state index contributed by atoms with van der Waals surface area (Å²) >= 11 is 0. The van der Waals surface area contributed by atoms with Crippen LogP contribution < -0.4 is 0 Å². The van der Waals surface area contributed by atoms with Crippen LogP contribution in [0.15, 0.2) is 11.6 Å². The van der Waals surface area contributed by atoms with Crippen LogP contribution in [-0.2, 0) is 4.74 Å². The quantitative estimate of drug-likeness (QED) is 0.404. The van der Waals surface area contributed by atoms with Gasteiger partial charge in [-0.1, -0.05) is 53.2 Å². The molecular weight excluding hydrogens is 452 g/mol. The van der Waals surface area contributed by atoms with Crippen molar-refractivity contribution in [2.45, 2.75) is 136 Å². The molecule has 3 saturated carbocycles. The fourth-order valence-electron chi connectivity index (χ4n) is 11.2. The predicted octanol–water partition coefficient (Wildman–Crippen LogP) is 4.85. The first kappa shape index (κ1) is 27.1. The van der Waals surface area contributed by atoms with E-state index in [4.69, 9.17) is 4.74 Å². The maximum absolute atomic E-state index is 12.0. The third-order valence-corrected chi connectivity index (χ3v) is 12.9. The second kappa shape index (κ2) is 7.81. The van der Waals surface area contributed by atoms with Gasteiger partial charge in [-0.3, -0.25) is 0 Å². The van der Waals surface area contributed by atoms with Gasteiger partial charge in [0.25, 0.3) is 0 Å². The minimum Gasteiger partial charge on any atom is -0.393 e. The van der Waals surface area contributed by atoms with Gasteiger partial charge in [-0.05, 0) is 93.3 Å². The topological polar surface area (TPSA) is 90.2 Å². The van der Waals surface area contributed by atoms with E-state index in [-0.39, 0.29) is 40.3 Å². The Kier molecular flexibility index (Phi) is 5.88. The Bertz CT molecular complexity index is 936. The first-order chi connectivity index (χ1) is 16.3. The van der Waals surface area contributed by atoms with Crippen LogP contribution in [0.3, 0.4) is 0 Å². The van der Waals surface area contributed by atoms with Crippen molar-refractivity contribution in [3.63, 3.8) is 0 Å². The summed E-state index contributed by atoms with van der Waals surface area (Å²) in [6.45, 7) is 19.4. The number of hydrogen-bond donors (Lipinski definition) is 4. The molecule has 4 N–H and O–H groups in total. The van der Waals surface area contributed by atoms with Gasteiger partial charge in [-0.25, -0.2) is 0 Å². The van der Waals surface area contributed by atoms with Crippen LogP contribution in [0.4, 0.5) is 0 Å². The van der Waals surface area contributed by atoms with Gasteiger partial charge < -0.3 is 25.2 Å². The summed E-state index contributed by atoms with van der Waals surface area (Å²) in [7, 11) is 0. The molecule has 206 valence electrons. The van der Waals surface area contributed by atoms with Crippen LogP contribution in [0.25, 0.3) is 0 Å². The van der Waals surface area contributed by atoms with Crippen molar-refractivity contribution in [3.8, 4) is 0 Å². The van der Waals surface area contributed by atoms with E-state index in [0.717, 1.165) is 32.1 Å². The van der Waals surface area contributed by atoms with Crippen LogP contribution in [0.1, 0.15) is 101 Å². The van der Waals surface area contributed by atoms with E-state index < -0.39 is 28.8 Å². The molecule has 1 saturated heterocycles. The lowest BCUT2D eigenvalue weighted by atomic mass is 9.39. The molecule has 4 aliphatic carbocycles. The second-order valence-corrected chi connectivity index (χ2v) is 15.7. The summed E-state index contributed by atoms with van der Waals surface area (Å²) in [5.41, 5.74) is -1.24. The Morgan fingerprint density at radius 1 is 0.944 bits per heavy atom. The van der Waals surface area contributed by atoms with Crippen molar-refractivity contribution < 1.29 is 25.2 Å². The van der Waals surface area contributed by atoms with Gasteiger partial charge in [0.2, 0.25) is 0 Å². The van der Waals surface area contributed by atoms with E-state index in [2.05, 4.69) is 54.5 Å². The molecule has 0 aromatic carbocycles. The third-order valence-electron chi connectivity index (χ3n) is 12.9. The largest absolute Gasteiger partial charge is 0.393 e. The molecule has 1 aliphatic heterocycles. The maximum atomic E-state index is 12.0. The fraction of sp³-hybridized carbons (Fsp3) is 0.935. The van der Waals surface area contributed by atoms with Crippen molar-refractivity contribution in [2.75, 3.05) is 0 Å². The smallest absolute Gasteiger partial charge is 0.0865 e. The standard InChI is InChI=1S/C31H52O5/c1-17-14-19-18(28(6)12-10-21(33)26(2,3)24(17)28)15-22(34)31(9)25(20(32)16-29(19,31)7)30(8)13-11-23(36-30)27(4,5)35/h15,17,19-25,32-35H,10-14,16H2,1-9H3/t17-,19?,20-,21-,22?,23-,24?,25+,28+,29-,30+,31+/m0/s1. The first-order valence-corrected chi connectivity index (χ1v) is 14.5. The second-order valence-electron chi connectivity index (χ2n) is 15.7. The Morgan fingerprint density at radius 2 is 1.58 bits per heavy atom. The highest BCUT2D eigenvalue weighted by Gasteiger charge is 2.73. The summed E-state index contributed by atoms with van der Waals surface area (Å²) in [5.74, 6) is 0.845. The van der Waals surface area contributed by atoms with Gasteiger partial charge in [0.1, 0.15) is 0 Å². The van der Waals surface area contributed by atoms with Gasteiger partial charge in [-0.15, -0.1) is 0 Å². The number of rotatable bonds is 2. The number of allylic oxidation sites excluding steroid dienone is 1. The minimum absolute atomic E-state index is 0.0702. The summed E-state index contributed by atoms with van der Waals surface area (Å²) < 4.78 is 6.61. The molecule has 0 spiro atoms. The number of ether oxygens (including phenoxy) is 1. The minimum atomic E-state index is -0.940. The van der Waals surface area contributed by atoms with Crippen LogP contribution in [0, 0.1) is 45.3 Å².